The Morgan fingerprint density at radius 2 is 1.31 bits per heavy atom. The van der Waals surface area contributed by atoms with Gasteiger partial charge in [-0.3, -0.25) is 0 Å². The first-order chi connectivity index (χ1) is 17.1. The SMILES string of the molecule is CCCCCCCCCCCCCCCCCC/C=C/CCCC1=NC=C[N+]1(CCN)CC(=O)[O-]. The van der Waals surface area contributed by atoms with E-state index < -0.39 is 5.97 Å². The van der Waals surface area contributed by atoms with Gasteiger partial charge in [-0.2, -0.15) is 0 Å². The van der Waals surface area contributed by atoms with Crippen LogP contribution in [0.4, 0.5) is 0 Å². The number of hydrogen-bond donors (Lipinski definition) is 1. The molecule has 0 aromatic carbocycles. The maximum absolute atomic E-state index is 11.2. The van der Waals surface area contributed by atoms with Crippen molar-refractivity contribution in [3.05, 3.63) is 24.6 Å². The van der Waals surface area contributed by atoms with Gasteiger partial charge in [-0.15, -0.1) is 0 Å². The van der Waals surface area contributed by atoms with Crippen molar-refractivity contribution in [2.45, 2.75) is 135 Å². The summed E-state index contributed by atoms with van der Waals surface area (Å²) >= 11 is 0. The predicted octanol–water partition coefficient (Wildman–Crippen LogP) is 6.77. The lowest BCUT2D eigenvalue weighted by Gasteiger charge is -2.32. The van der Waals surface area contributed by atoms with E-state index >= 15 is 0 Å². The Bertz CT molecular complexity index is 615. The average Bonchev–Trinajstić information content (AvgIpc) is 3.21. The number of nitrogens with zero attached hydrogens (tertiary/aromatic N) is 2. The van der Waals surface area contributed by atoms with Crippen LogP contribution in [0.25, 0.3) is 0 Å². The van der Waals surface area contributed by atoms with E-state index in [0.29, 0.717) is 13.1 Å². The molecule has 0 amide bonds. The van der Waals surface area contributed by atoms with Crippen LogP contribution in [0, 0.1) is 0 Å². The van der Waals surface area contributed by atoms with Crippen LogP contribution in [-0.4, -0.2) is 35.9 Å². The van der Waals surface area contributed by atoms with Gasteiger partial charge in [0, 0.05) is 13.0 Å². The molecule has 202 valence electrons. The van der Waals surface area contributed by atoms with Crippen LogP contribution in [0.5, 0.6) is 0 Å². The Kier molecular flexibility index (Phi) is 19.7. The molecule has 0 fully saturated rings. The molecule has 0 aromatic rings. The standard InChI is InChI=1S/C30H55N3O2/c1-2-3-4-5-6-7-8-9-10-11-12-13-14-15-16-17-18-19-20-21-22-23-29-32-25-27-33(29,26-24-31)28-30(34)35/h19-20,25,27H,2-18,21-24,26,28,31H2,1H3/b20-19+. The number of amidine groups is 1. The fourth-order valence-electron chi connectivity index (χ4n) is 5.05. The summed E-state index contributed by atoms with van der Waals surface area (Å²) in [6.45, 7) is 3.18. The number of allylic oxidation sites excluding steroid dienone is 2. The Hall–Kier alpha value is -1.46. The maximum Gasteiger partial charge on any atom is 0.207 e. The highest BCUT2D eigenvalue weighted by Gasteiger charge is 2.34. The molecular weight excluding hydrogens is 434 g/mol. The van der Waals surface area contributed by atoms with E-state index in [1.54, 1.807) is 6.20 Å². The van der Waals surface area contributed by atoms with Crippen molar-refractivity contribution in [2.24, 2.45) is 10.7 Å². The minimum Gasteiger partial charge on any atom is -0.544 e. The summed E-state index contributed by atoms with van der Waals surface area (Å²) in [5.41, 5.74) is 5.71. The Morgan fingerprint density at radius 1 is 0.829 bits per heavy atom. The third-order valence-corrected chi connectivity index (χ3v) is 7.19. The van der Waals surface area contributed by atoms with E-state index in [1.165, 1.54) is 109 Å². The van der Waals surface area contributed by atoms with Crippen molar-refractivity contribution >= 4 is 11.8 Å². The molecule has 5 nitrogen and oxygen atoms in total. The van der Waals surface area contributed by atoms with Crippen LogP contribution in [-0.2, 0) is 4.79 Å². The molecule has 5 heteroatoms. The Morgan fingerprint density at radius 3 is 1.80 bits per heavy atom. The molecule has 0 saturated heterocycles. The number of hydrogen-bond acceptors (Lipinski definition) is 4. The van der Waals surface area contributed by atoms with Gasteiger partial charge in [0.05, 0.1) is 12.2 Å². The first-order valence-electron chi connectivity index (χ1n) is 14.8. The zero-order chi connectivity index (χ0) is 25.5. The molecule has 1 aliphatic heterocycles. The molecule has 1 atom stereocenters. The quantitative estimate of drug-likeness (QED) is 0.0872. The van der Waals surface area contributed by atoms with Crippen LogP contribution in [0.2, 0.25) is 0 Å². The fourth-order valence-corrected chi connectivity index (χ4v) is 5.05. The lowest BCUT2D eigenvalue weighted by Crippen LogP contribution is -2.55. The smallest absolute Gasteiger partial charge is 0.207 e. The van der Waals surface area contributed by atoms with E-state index in [4.69, 9.17) is 5.73 Å². The summed E-state index contributed by atoms with van der Waals surface area (Å²) in [6, 6.07) is 0. The fraction of sp³-hybridized carbons (Fsp3) is 0.800. The van der Waals surface area contributed by atoms with Crippen molar-refractivity contribution < 1.29 is 14.4 Å². The number of nitrogens with two attached hydrogens (primary N) is 1. The molecule has 0 bridgehead atoms. The molecule has 0 aromatic heterocycles. The van der Waals surface area contributed by atoms with Crippen LogP contribution in [0.3, 0.4) is 0 Å². The summed E-state index contributed by atoms with van der Waals surface area (Å²) in [5.74, 6) is -0.165. The monoisotopic (exact) mass is 489 g/mol. The summed E-state index contributed by atoms with van der Waals surface area (Å²) in [6.07, 6.45) is 34.6. The zero-order valence-corrected chi connectivity index (χ0v) is 22.9. The molecule has 1 unspecified atom stereocenters. The molecule has 0 saturated carbocycles. The normalized spacial score (nSPS) is 17.5. The number of rotatable bonds is 25. The molecule has 2 N–H and O–H groups in total. The van der Waals surface area contributed by atoms with Gasteiger partial charge < -0.3 is 15.6 Å². The number of aliphatic imine (C=N–C) groups is 1. The highest BCUT2D eigenvalue weighted by atomic mass is 16.4. The van der Waals surface area contributed by atoms with Crippen LogP contribution >= 0.6 is 0 Å². The van der Waals surface area contributed by atoms with Crippen molar-refractivity contribution in [3.63, 3.8) is 0 Å². The highest BCUT2D eigenvalue weighted by Crippen LogP contribution is 2.20. The average molecular weight is 490 g/mol. The zero-order valence-electron chi connectivity index (χ0n) is 22.9. The van der Waals surface area contributed by atoms with E-state index in [1.807, 2.05) is 6.20 Å². The second-order valence-electron chi connectivity index (χ2n) is 10.4. The number of carboxylic acid groups (broad SMARTS) is 1. The van der Waals surface area contributed by atoms with Crippen LogP contribution in [0.15, 0.2) is 29.5 Å². The van der Waals surface area contributed by atoms with Crippen molar-refractivity contribution in [3.8, 4) is 0 Å². The van der Waals surface area contributed by atoms with Gasteiger partial charge in [0.25, 0.3) is 0 Å². The lowest BCUT2D eigenvalue weighted by molar-refractivity contribution is -0.780. The number of carbonyl (C=O) groups is 1. The van der Waals surface area contributed by atoms with Gasteiger partial charge in [0.1, 0.15) is 19.3 Å². The molecule has 0 spiro atoms. The largest absolute Gasteiger partial charge is 0.544 e. The summed E-state index contributed by atoms with van der Waals surface area (Å²) in [5, 5.41) is 11.2. The van der Waals surface area contributed by atoms with Gasteiger partial charge in [-0.25, -0.2) is 9.48 Å². The Balaban J connectivity index is 1.90. The minimum atomic E-state index is -1.06. The van der Waals surface area contributed by atoms with Crippen LogP contribution < -0.4 is 10.8 Å². The second kappa shape index (κ2) is 21.8. The first-order valence-corrected chi connectivity index (χ1v) is 14.8. The molecule has 35 heavy (non-hydrogen) atoms. The first kappa shape index (κ1) is 31.6. The number of aliphatic carboxylic acids is 1. The molecule has 1 rings (SSSR count). The van der Waals surface area contributed by atoms with Crippen molar-refractivity contribution in [2.75, 3.05) is 19.6 Å². The van der Waals surface area contributed by atoms with Gasteiger partial charge in [-0.1, -0.05) is 115 Å². The van der Waals surface area contributed by atoms with Crippen molar-refractivity contribution in [1.29, 1.82) is 0 Å². The van der Waals surface area contributed by atoms with Gasteiger partial charge in [0.2, 0.25) is 5.84 Å². The van der Waals surface area contributed by atoms with Gasteiger partial charge >= 0.3 is 0 Å². The topological polar surface area (TPSA) is 78.5 Å². The van der Waals surface area contributed by atoms with Gasteiger partial charge in [0.15, 0.2) is 0 Å². The third-order valence-electron chi connectivity index (χ3n) is 7.19. The summed E-state index contributed by atoms with van der Waals surface area (Å²) in [7, 11) is 0. The van der Waals surface area contributed by atoms with E-state index in [0.717, 1.165) is 25.1 Å². The summed E-state index contributed by atoms with van der Waals surface area (Å²) < 4.78 is 0.224. The van der Waals surface area contributed by atoms with E-state index in [2.05, 4.69) is 24.1 Å². The van der Waals surface area contributed by atoms with Crippen molar-refractivity contribution in [1.82, 2.24) is 0 Å². The van der Waals surface area contributed by atoms with Gasteiger partial charge in [-0.05, 0) is 25.7 Å². The minimum absolute atomic E-state index is 0.0817. The number of carbonyl (C=O) groups excluding carboxylic acids is 1. The molecule has 1 aliphatic rings. The highest BCUT2D eigenvalue weighted by molar-refractivity contribution is 5.80. The van der Waals surface area contributed by atoms with E-state index in [9.17, 15) is 9.90 Å². The van der Waals surface area contributed by atoms with Crippen LogP contribution in [0.1, 0.15) is 135 Å². The second-order valence-corrected chi connectivity index (χ2v) is 10.4. The molecule has 1 heterocycles. The third kappa shape index (κ3) is 16.0. The number of carboxylic acids is 1. The molecule has 0 radical (unpaired) electrons. The number of quaternary nitrogens is 1. The lowest BCUT2D eigenvalue weighted by atomic mass is 10.0. The Labute approximate surface area is 216 Å². The maximum atomic E-state index is 11.2. The number of unbranched alkanes of at least 4 members (excludes halogenated alkanes) is 17. The van der Waals surface area contributed by atoms with E-state index in [-0.39, 0.29) is 11.0 Å². The molecule has 0 aliphatic carbocycles. The predicted molar refractivity (Wildman–Crippen MR) is 148 cm³/mol. The summed E-state index contributed by atoms with van der Waals surface area (Å²) in [4.78, 5) is 15.6. The molecular formula is C30H55N3O2.